The Morgan fingerprint density at radius 1 is 1.03 bits per heavy atom. The fourth-order valence-electron chi connectivity index (χ4n) is 2.96. The fourth-order valence-corrected chi connectivity index (χ4v) is 2.96. The van der Waals surface area contributed by atoms with Crippen molar-refractivity contribution in [2.75, 3.05) is 21.3 Å². The van der Waals surface area contributed by atoms with E-state index < -0.39 is 6.10 Å². The molecule has 1 unspecified atom stereocenters. The van der Waals surface area contributed by atoms with Crippen LogP contribution in [0.4, 0.5) is 0 Å². The number of carbonyl (C=O) groups excluding carboxylic acids is 1. The zero-order valence-corrected chi connectivity index (χ0v) is 18.4. The van der Waals surface area contributed by atoms with Crippen LogP contribution in [0.25, 0.3) is 0 Å². The Morgan fingerprint density at radius 3 is 2.28 bits per heavy atom. The SMILES string of the molecule is CCCC(=N)c1ccc(CC)c(OC)c1.COc1cccc(C(OC)C(C)=O)c1. The number of methoxy groups -OCH3 is 3. The summed E-state index contributed by atoms with van der Waals surface area (Å²) < 4.78 is 15.5. The molecule has 0 radical (unpaired) electrons. The van der Waals surface area contributed by atoms with Gasteiger partial charge < -0.3 is 19.6 Å². The van der Waals surface area contributed by atoms with Crippen molar-refractivity contribution in [2.45, 2.75) is 46.1 Å². The van der Waals surface area contributed by atoms with Crippen LogP contribution in [0.3, 0.4) is 0 Å². The predicted molar refractivity (Wildman–Crippen MR) is 118 cm³/mol. The first kappa shape index (κ1) is 24.4. The van der Waals surface area contributed by atoms with Gasteiger partial charge in [-0.05, 0) is 54.7 Å². The Kier molecular flexibility index (Phi) is 10.7. The summed E-state index contributed by atoms with van der Waals surface area (Å²) in [7, 11) is 4.79. The molecule has 0 aliphatic carbocycles. The van der Waals surface area contributed by atoms with Crippen molar-refractivity contribution < 1.29 is 19.0 Å². The van der Waals surface area contributed by atoms with E-state index in [0.717, 1.165) is 41.9 Å². The van der Waals surface area contributed by atoms with Crippen molar-refractivity contribution in [3.05, 3.63) is 59.2 Å². The van der Waals surface area contributed by atoms with Crippen LogP contribution in [-0.2, 0) is 16.0 Å². The molecule has 2 rings (SSSR count). The molecule has 0 spiro atoms. The lowest BCUT2D eigenvalue weighted by molar-refractivity contribution is -0.126. The van der Waals surface area contributed by atoms with Gasteiger partial charge in [0.05, 0.1) is 14.2 Å². The molecule has 0 saturated carbocycles. The summed E-state index contributed by atoms with van der Waals surface area (Å²) in [5.41, 5.74) is 3.69. The van der Waals surface area contributed by atoms with Crippen LogP contribution < -0.4 is 9.47 Å². The van der Waals surface area contributed by atoms with E-state index in [1.807, 2.05) is 30.3 Å². The number of nitrogens with one attached hydrogen (secondary N) is 1. The lowest BCUT2D eigenvalue weighted by Crippen LogP contribution is -2.10. The molecule has 0 aliphatic rings. The van der Waals surface area contributed by atoms with Crippen LogP contribution in [-0.4, -0.2) is 32.8 Å². The summed E-state index contributed by atoms with van der Waals surface area (Å²) in [6.07, 6.45) is 2.31. The van der Waals surface area contributed by atoms with Gasteiger partial charge in [-0.15, -0.1) is 0 Å². The van der Waals surface area contributed by atoms with Crippen LogP contribution in [0.15, 0.2) is 42.5 Å². The molecule has 5 heteroatoms. The normalized spacial score (nSPS) is 11.1. The lowest BCUT2D eigenvalue weighted by atomic mass is 10.0. The topological polar surface area (TPSA) is 68.6 Å². The predicted octanol–water partition coefficient (Wildman–Crippen LogP) is 5.40. The zero-order chi connectivity index (χ0) is 21.8. The van der Waals surface area contributed by atoms with E-state index in [9.17, 15) is 4.79 Å². The molecule has 2 aromatic rings. The Morgan fingerprint density at radius 2 is 1.76 bits per heavy atom. The molecule has 1 atom stereocenters. The number of hydrogen-bond acceptors (Lipinski definition) is 5. The van der Waals surface area contributed by atoms with Crippen LogP contribution in [0, 0.1) is 5.41 Å². The maximum atomic E-state index is 11.2. The number of ether oxygens (including phenoxy) is 3. The smallest absolute Gasteiger partial charge is 0.163 e. The second-order valence-corrected chi connectivity index (χ2v) is 6.61. The first-order valence-corrected chi connectivity index (χ1v) is 9.83. The quantitative estimate of drug-likeness (QED) is 0.574. The molecular weight excluding hydrogens is 366 g/mol. The standard InChI is InChI=1S/C13H19NO.C11H14O3/c1-4-6-12(14)11-8-7-10(5-2)13(9-11)15-3;1-8(12)11(14-3)9-5-4-6-10(7-9)13-2/h7-9,14H,4-6H2,1-3H3;4-7,11H,1-3H3. The number of ketones is 1. The molecule has 0 fully saturated rings. The number of carbonyl (C=O) groups is 1. The molecule has 1 N–H and O–H groups in total. The highest BCUT2D eigenvalue weighted by molar-refractivity contribution is 5.98. The molecule has 0 aliphatic heterocycles. The lowest BCUT2D eigenvalue weighted by Gasteiger charge is -2.12. The third-order valence-corrected chi connectivity index (χ3v) is 4.52. The van der Waals surface area contributed by atoms with Gasteiger partial charge in [-0.2, -0.15) is 0 Å². The van der Waals surface area contributed by atoms with Crippen LogP contribution in [0.5, 0.6) is 11.5 Å². The van der Waals surface area contributed by atoms with Crippen molar-refractivity contribution in [3.8, 4) is 11.5 Å². The monoisotopic (exact) mass is 399 g/mol. The van der Waals surface area contributed by atoms with Gasteiger partial charge in [-0.25, -0.2) is 0 Å². The largest absolute Gasteiger partial charge is 0.497 e. The Balaban J connectivity index is 0.000000291. The number of Topliss-reactive ketones (excluding diaryl/α,β-unsaturated/α-hetero) is 1. The van der Waals surface area contributed by atoms with E-state index in [-0.39, 0.29) is 5.78 Å². The van der Waals surface area contributed by atoms with E-state index >= 15 is 0 Å². The molecule has 158 valence electrons. The van der Waals surface area contributed by atoms with Gasteiger partial charge in [0, 0.05) is 12.8 Å². The van der Waals surface area contributed by atoms with E-state index in [1.165, 1.54) is 19.6 Å². The number of rotatable bonds is 9. The third kappa shape index (κ3) is 7.35. The summed E-state index contributed by atoms with van der Waals surface area (Å²) in [5.74, 6) is 1.61. The maximum Gasteiger partial charge on any atom is 0.163 e. The molecule has 2 aromatic carbocycles. The van der Waals surface area contributed by atoms with Gasteiger partial charge in [0.2, 0.25) is 0 Å². The number of benzene rings is 2. The second-order valence-electron chi connectivity index (χ2n) is 6.61. The van der Waals surface area contributed by atoms with Gasteiger partial charge in [0.1, 0.15) is 17.6 Å². The number of hydrogen-bond donors (Lipinski definition) is 1. The van der Waals surface area contributed by atoms with Crippen molar-refractivity contribution in [2.24, 2.45) is 0 Å². The van der Waals surface area contributed by atoms with Gasteiger partial charge in [0.15, 0.2) is 5.78 Å². The zero-order valence-electron chi connectivity index (χ0n) is 18.4. The molecule has 0 amide bonds. The highest BCUT2D eigenvalue weighted by Gasteiger charge is 2.15. The van der Waals surface area contributed by atoms with Crippen molar-refractivity contribution in [1.29, 1.82) is 5.41 Å². The summed E-state index contributed by atoms with van der Waals surface area (Å²) in [4.78, 5) is 11.2. The second kappa shape index (κ2) is 12.7. The highest BCUT2D eigenvalue weighted by atomic mass is 16.5. The average molecular weight is 400 g/mol. The van der Waals surface area contributed by atoms with E-state index in [4.69, 9.17) is 19.6 Å². The molecule has 0 heterocycles. The van der Waals surface area contributed by atoms with Crippen molar-refractivity contribution >= 4 is 11.5 Å². The minimum Gasteiger partial charge on any atom is -0.497 e. The molecular formula is C24H33NO4. The van der Waals surface area contributed by atoms with Crippen LogP contribution >= 0.6 is 0 Å². The molecule has 0 aromatic heterocycles. The Labute approximate surface area is 174 Å². The summed E-state index contributed by atoms with van der Waals surface area (Å²) in [5, 5.41) is 7.87. The molecule has 0 saturated heterocycles. The molecule has 5 nitrogen and oxygen atoms in total. The minimum absolute atomic E-state index is 0.0132. The van der Waals surface area contributed by atoms with Crippen molar-refractivity contribution in [3.63, 3.8) is 0 Å². The summed E-state index contributed by atoms with van der Waals surface area (Å²) in [6, 6.07) is 13.3. The van der Waals surface area contributed by atoms with Gasteiger partial charge in [-0.1, -0.05) is 44.5 Å². The van der Waals surface area contributed by atoms with E-state index in [0.29, 0.717) is 5.71 Å². The van der Waals surface area contributed by atoms with Crippen molar-refractivity contribution in [1.82, 2.24) is 0 Å². The molecule has 29 heavy (non-hydrogen) atoms. The minimum atomic E-state index is -0.495. The average Bonchev–Trinajstić information content (AvgIpc) is 2.74. The van der Waals surface area contributed by atoms with Crippen LogP contribution in [0.2, 0.25) is 0 Å². The van der Waals surface area contributed by atoms with Gasteiger partial charge in [0.25, 0.3) is 0 Å². The molecule has 0 bridgehead atoms. The Bertz CT molecular complexity index is 801. The first-order chi connectivity index (χ1) is 13.9. The van der Waals surface area contributed by atoms with Crippen LogP contribution in [0.1, 0.15) is 56.4 Å². The third-order valence-electron chi connectivity index (χ3n) is 4.52. The van der Waals surface area contributed by atoms with Gasteiger partial charge in [-0.3, -0.25) is 4.79 Å². The summed E-state index contributed by atoms with van der Waals surface area (Å²) in [6.45, 7) is 5.70. The van der Waals surface area contributed by atoms with E-state index in [1.54, 1.807) is 20.3 Å². The summed E-state index contributed by atoms with van der Waals surface area (Å²) >= 11 is 0. The number of aryl methyl sites for hydroxylation is 1. The van der Waals surface area contributed by atoms with Gasteiger partial charge >= 0.3 is 0 Å². The van der Waals surface area contributed by atoms with E-state index in [2.05, 4.69) is 19.9 Å². The maximum absolute atomic E-state index is 11.2. The fraction of sp³-hybridized carbons (Fsp3) is 0.417. The Hall–Kier alpha value is -2.66. The first-order valence-electron chi connectivity index (χ1n) is 9.83. The highest BCUT2D eigenvalue weighted by Crippen LogP contribution is 2.22.